The summed E-state index contributed by atoms with van der Waals surface area (Å²) >= 11 is 0. The van der Waals surface area contributed by atoms with Gasteiger partial charge in [-0.05, 0) is 36.1 Å². The molecule has 0 radical (unpaired) electrons. The molecular weight excluding hydrogens is 491 g/mol. The normalized spacial score (nSPS) is 17.4. The fourth-order valence-electron chi connectivity index (χ4n) is 3.60. The Morgan fingerprint density at radius 2 is 2.20 bits per heavy atom. The van der Waals surface area contributed by atoms with Gasteiger partial charge < -0.3 is 15.5 Å². The third-order valence-corrected chi connectivity index (χ3v) is 5.60. The van der Waals surface area contributed by atoms with Crippen molar-refractivity contribution >= 4 is 41.5 Å². The standard InChI is InChI=1S/C22H32N6O.HI/c1-5-16(2)21(29)26-20-8-6-7-17(11-20)12-24-22(23-3)28-10-9-18(15-28)19-13-25-27(4)14-19;/h6-8,11,13-14,16,18H,5,9-10,12,15H2,1-4H3,(H,23,24)(H,26,29);1H. The van der Waals surface area contributed by atoms with Crippen molar-refractivity contribution in [3.63, 3.8) is 0 Å². The lowest BCUT2D eigenvalue weighted by Crippen LogP contribution is -2.39. The van der Waals surface area contributed by atoms with E-state index in [0.29, 0.717) is 12.5 Å². The maximum Gasteiger partial charge on any atom is 0.227 e. The van der Waals surface area contributed by atoms with E-state index < -0.39 is 0 Å². The zero-order valence-corrected chi connectivity index (χ0v) is 20.6. The molecule has 0 spiro atoms. The Labute approximate surface area is 196 Å². The molecule has 8 heteroatoms. The second-order valence-electron chi connectivity index (χ2n) is 7.78. The topological polar surface area (TPSA) is 74.6 Å². The first-order valence-electron chi connectivity index (χ1n) is 10.3. The van der Waals surface area contributed by atoms with Gasteiger partial charge in [0.2, 0.25) is 5.91 Å². The third kappa shape index (κ3) is 6.20. The molecule has 0 aliphatic carbocycles. The summed E-state index contributed by atoms with van der Waals surface area (Å²) in [4.78, 5) is 18.9. The number of amides is 1. The van der Waals surface area contributed by atoms with E-state index in [2.05, 4.69) is 37.9 Å². The molecule has 2 atom stereocenters. The molecule has 3 rings (SSSR count). The zero-order chi connectivity index (χ0) is 20.8. The number of anilines is 1. The molecule has 2 aromatic rings. The number of nitrogens with one attached hydrogen (secondary N) is 2. The number of carbonyl (C=O) groups is 1. The van der Waals surface area contributed by atoms with E-state index in [1.54, 1.807) is 0 Å². The van der Waals surface area contributed by atoms with Crippen LogP contribution in [0, 0.1) is 5.92 Å². The number of aryl methyl sites for hydroxylation is 1. The van der Waals surface area contributed by atoms with Gasteiger partial charge in [0.05, 0.1) is 6.20 Å². The molecule has 30 heavy (non-hydrogen) atoms. The molecule has 0 saturated carbocycles. The number of hydrogen-bond donors (Lipinski definition) is 2. The number of likely N-dealkylation sites (tertiary alicyclic amines) is 1. The van der Waals surface area contributed by atoms with Crippen molar-refractivity contribution in [1.82, 2.24) is 20.0 Å². The van der Waals surface area contributed by atoms with Gasteiger partial charge in [0.1, 0.15) is 0 Å². The first-order chi connectivity index (χ1) is 14.0. The molecule has 1 aliphatic rings. The summed E-state index contributed by atoms with van der Waals surface area (Å²) < 4.78 is 1.86. The lowest BCUT2D eigenvalue weighted by atomic mass is 10.0. The van der Waals surface area contributed by atoms with Crippen LogP contribution < -0.4 is 10.6 Å². The second-order valence-corrected chi connectivity index (χ2v) is 7.78. The van der Waals surface area contributed by atoms with Gasteiger partial charge in [-0.15, -0.1) is 24.0 Å². The number of carbonyl (C=O) groups excluding carboxylic acids is 1. The second kappa shape index (κ2) is 11.3. The van der Waals surface area contributed by atoms with Gasteiger partial charge in [0.15, 0.2) is 5.96 Å². The van der Waals surface area contributed by atoms with E-state index in [1.165, 1.54) is 5.56 Å². The predicted octanol–water partition coefficient (Wildman–Crippen LogP) is 3.59. The van der Waals surface area contributed by atoms with Crippen LogP contribution in [0.5, 0.6) is 0 Å². The Bertz CT molecular complexity index is 865. The summed E-state index contributed by atoms with van der Waals surface area (Å²) in [6, 6.07) is 7.97. The molecule has 164 valence electrons. The minimum atomic E-state index is 0. The maximum atomic E-state index is 12.1. The Hall–Kier alpha value is -2.10. The van der Waals surface area contributed by atoms with Crippen molar-refractivity contribution in [3.05, 3.63) is 47.8 Å². The third-order valence-electron chi connectivity index (χ3n) is 5.60. The Kier molecular flexibility index (Phi) is 9.13. The number of guanidine groups is 1. The highest BCUT2D eigenvalue weighted by atomic mass is 127. The van der Waals surface area contributed by atoms with Crippen molar-refractivity contribution in [2.75, 3.05) is 25.5 Å². The van der Waals surface area contributed by atoms with E-state index in [1.807, 2.05) is 57.0 Å². The highest BCUT2D eigenvalue weighted by molar-refractivity contribution is 14.0. The van der Waals surface area contributed by atoms with Crippen LogP contribution in [0.3, 0.4) is 0 Å². The van der Waals surface area contributed by atoms with Crippen molar-refractivity contribution in [2.24, 2.45) is 18.0 Å². The fraction of sp³-hybridized carbons (Fsp3) is 0.500. The average molecular weight is 524 g/mol. The van der Waals surface area contributed by atoms with Crippen LogP contribution in [0.15, 0.2) is 41.7 Å². The molecule has 1 aliphatic heterocycles. The fourth-order valence-corrected chi connectivity index (χ4v) is 3.60. The van der Waals surface area contributed by atoms with Crippen molar-refractivity contribution in [1.29, 1.82) is 0 Å². The molecular formula is C22H33IN6O. The van der Waals surface area contributed by atoms with Crippen LogP contribution in [0.4, 0.5) is 5.69 Å². The summed E-state index contributed by atoms with van der Waals surface area (Å²) in [7, 11) is 3.78. The van der Waals surface area contributed by atoms with Crippen molar-refractivity contribution in [3.8, 4) is 0 Å². The lowest BCUT2D eigenvalue weighted by Gasteiger charge is -2.22. The average Bonchev–Trinajstić information content (AvgIpc) is 3.37. The summed E-state index contributed by atoms with van der Waals surface area (Å²) in [6.07, 6.45) is 6.00. The molecule has 2 N–H and O–H groups in total. The van der Waals surface area contributed by atoms with Gasteiger partial charge >= 0.3 is 0 Å². The number of aliphatic imine (C=N–C) groups is 1. The molecule has 2 unspecified atom stereocenters. The molecule has 1 aromatic heterocycles. The first kappa shape index (κ1) is 24.2. The predicted molar refractivity (Wildman–Crippen MR) is 132 cm³/mol. The van der Waals surface area contributed by atoms with Gasteiger partial charge in [-0.3, -0.25) is 14.5 Å². The molecule has 1 saturated heterocycles. The molecule has 1 amide bonds. The lowest BCUT2D eigenvalue weighted by molar-refractivity contribution is -0.119. The number of halogens is 1. The van der Waals surface area contributed by atoms with Gasteiger partial charge in [-0.25, -0.2) is 0 Å². The Morgan fingerprint density at radius 1 is 1.40 bits per heavy atom. The number of rotatable bonds is 6. The summed E-state index contributed by atoms with van der Waals surface area (Å²) in [6.45, 7) is 6.54. The minimum absolute atomic E-state index is 0. The Morgan fingerprint density at radius 3 is 2.87 bits per heavy atom. The van der Waals surface area contributed by atoms with Crippen LogP contribution in [-0.2, 0) is 18.4 Å². The minimum Gasteiger partial charge on any atom is -0.352 e. The van der Waals surface area contributed by atoms with E-state index in [0.717, 1.165) is 43.1 Å². The monoisotopic (exact) mass is 524 g/mol. The largest absolute Gasteiger partial charge is 0.352 e. The van der Waals surface area contributed by atoms with Crippen LogP contribution in [0.2, 0.25) is 0 Å². The van der Waals surface area contributed by atoms with Gasteiger partial charge in [0, 0.05) is 57.4 Å². The van der Waals surface area contributed by atoms with Gasteiger partial charge in [-0.2, -0.15) is 5.10 Å². The highest BCUT2D eigenvalue weighted by Gasteiger charge is 2.26. The molecule has 2 heterocycles. The van der Waals surface area contributed by atoms with Crippen LogP contribution >= 0.6 is 24.0 Å². The smallest absolute Gasteiger partial charge is 0.227 e. The van der Waals surface area contributed by atoms with E-state index in [-0.39, 0.29) is 35.8 Å². The number of aromatic nitrogens is 2. The van der Waals surface area contributed by atoms with Crippen molar-refractivity contribution in [2.45, 2.75) is 39.2 Å². The summed E-state index contributed by atoms with van der Waals surface area (Å²) in [5, 5.41) is 10.8. The van der Waals surface area contributed by atoms with E-state index >= 15 is 0 Å². The number of hydrogen-bond acceptors (Lipinski definition) is 3. The van der Waals surface area contributed by atoms with E-state index in [4.69, 9.17) is 0 Å². The maximum absolute atomic E-state index is 12.1. The summed E-state index contributed by atoms with van der Waals surface area (Å²) in [5.41, 5.74) is 3.23. The van der Waals surface area contributed by atoms with Gasteiger partial charge in [0.25, 0.3) is 0 Å². The SMILES string of the molecule is CCC(C)C(=O)Nc1cccc(CNC(=NC)N2CCC(c3cnn(C)c3)C2)c1.I. The molecule has 7 nitrogen and oxygen atoms in total. The first-order valence-corrected chi connectivity index (χ1v) is 10.3. The molecule has 1 fully saturated rings. The molecule has 1 aromatic carbocycles. The number of benzene rings is 1. The van der Waals surface area contributed by atoms with Crippen LogP contribution in [-0.4, -0.2) is 46.7 Å². The van der Waals surface area contributed by atoms with E-state index in [9.17, 15) is 4.79 Å². The van der Waals surface area contributed by atoms with Gasteiger partial charge in [-0.1, -0.05) is 26.0 Å². The quantitative estimate of drug-likeness (QED) is 0.344. The Balaban J connectivity index is 0.00000320. The highest BCUT2D eigenvalue weighted by Crippen LogP contribution is 2.26. The zero-order valence-electron chi connectivity index (χ0n) is 18.3. The van der Waals surface area contributed by atoms with Crippen molar-refractivity contribution < 1.29 is 4.79 Å². The summed E-state index contributed by atoms with van der Waals surface area (Å²) in [5.74, 6) is 1.47. The molecule has 0 bridgehead atoms. The van der Waals surface area contributed by atoms with Crippen LogP contribution in [0.1, 0.15) is 43.7 Å². The number of nitrogens with zero attached hydrogens (tertiary/aromatic N) is 4. The van der Waals surface area contributed by atoms with Crippen LogP contribution in [0.25, 0.3) is 0 Å².